The topological polar surface area (TPSA) is 72.9 Å². The summed E-state index contributed by atoms with van der Waals surface area (Å²) < 4.78 is 0. The average molecular weight is 299 g/mol. The predicted octanol–water partition coefficient (Wildman–Crippen LogP) is 1.61. The molecule has 0 radical (unpaired) electrons. The third kappa shape index (κ3) is 3.87. The zero-order chi connectivity index (χ0) is 16.3. The van der Waals surface area contributed by atoms with Crippen LogP contribution in [-0.4, -0.2) is 66.7 Å². The molecule has 1 unspecified atom stereocenters. The van der Waals surface area contributed by atoms with Gasteiger partial charge in [-0.2, -0.15) is 0 Å². The van der Waals surface area contributed by atoms with Crippen LogP contribution in [0.1, 0.15) is 39.5 Å². The largest absolute Gasteiger partial charge is 0.481 e. The van der Waals surface area contributed by atoms with Gasteiger partial charge in [0.1, 0.15) is 0 Å². The van der Waals surface area contributed by atoms with E-state index in [4.69, 9.17) is 0 Å². The molecule has 1 saturated carbocycles. The number of likely N-dealkylation sites (N-methyl/N-ethyl adjacent to an activating group) is 2. The number of amides is 2. The molecule has 21 heavy (non-hydrogen) atoms. The third-order valence-corrected chi connectivity index (χ3v) is 5.04. The molecular formula is C15H29N3O3. The molecule has 122 valence electrons. The zero-order valence-corrected chi connectivity index (χ0v) is 13.9. The number of carbonyl (C=O) groups is 2. The van der Waals surface area contributed by atoms with Gasteiger partial charge in [-0.1, -0.05) is 6.92 Å². The Morgan fingerprint density at radius 1 is 1.29 bits per heavy atom. The van der Waals surface area contributed by atoms with Crippen molar-refractivity contribution in [2.75, 3.05) is 34.2 Å². The van der Waals surface area contributed by atoms with Crippen LogP contribution in [0.2, 0.25) is 0 Å². The van der Waals surface area contributed by atoms with Gasteiger partial charge >= 0.3 is 12.0 Å². The Balaban J connectivity index is 2.54. The van der Waals surface area contributed by atoms with Crippen LogP contribution < -0.4 is 5.32 Å². The standard InChI is InChI=1S/C15H29N3O3/c1-6-14(2,12(19)20)10-16-13(21)18(5)11-15(17(3)4)8-7-9-15/h6-11H2,1-5H3,(H,16,21)(H,19,20). The molecule has 1 aliphatic carbocycles. The average Bonchev–Trinajstić information content (AvgIpc) is 2.38. The lowest BCUT2D eigenvalue weighted by Crippen LogP contribution is -2.58. The first-order chi connectivity index (χ1) is 9.67. The number of urea groups is 1. The molecule has 6 nitrogen and oxygen atoms in total. The monoisotopic (exact) mass is 299 g/mol. The van der Waals surface area contributed by atoms with Crippen LogP contribution in [0.3, 0.4) is 0 Å². The minimum atomic E-state index is -0.911. The number of rotatable bonds is 7. The lowest BCUT2D eigenvalue weighted by molar-refractivity contribution is -0.147. The summed E-state index contributed by atoms with van der Waals surface area (Å²) in [6.07, 6.45) is 3.87. The number of carbonyl (C=O) groups excluding carboxylic acids is 1. The van der Waals surface area contributed by atoms with E-state index in [0.717, 1.165) is 12.8 Å². The smallest absolute Gasteiger partial charge is 0.317 e. The summed E-state index contributed by atoms with van der Waals surface area (Å²) in [4.78, 5) is 27.3. The van der Waals surface area contributed by atoms with Crippen molar-refractivity contribution < 1.29 is 14.7 Å². The second-order valence-corrected chi connectivity index (χ2v) is 6.71. The van der Waals surface area contributed by atoms with Crippen molar-refractivity contribution in [2.45, 2.75) is 45.1 Å². The van der Waals surface area contributed by atoms with Crippen LogP contribution in [0.4, 0.5) is 4.79 Å². The van der Waals surface area contributed by atoms with E-state index in [1.54, 1.807) is 18.9 Å². The highest BCUT2D eigenvalue weighted by atomic mass is 16.4. The van der Waals surface area contributed by atoms with Gasteiger partial charge in [0.15, 0.2) is 0 Å². The summed E-state index contributed by atoms with van der Waals surface area (Å²) in [7, 11) is 5.86. The summed E-state index contributed by atoms with van der Waals surface area (Å²) in [5, 5.41) is 12.0. The van der Waals surface area contributed by atoms with E-state index in [9.17, 15) is 14.7 Å². The SMILES string of the molecule is CCC(C)(CNC(=O)N(C)CC1(N(C)C)CCC1)C(=O)O. The highest BCUT2D eigenvalue weighted by molar-refractivity contribution is 5.77. The van der Waals surface area contributed by atoms with Gasteiger partial charge < -0.3 is 20.2 Å². The van der Waals surface area contributed by atoms with E-state index < -0.39 is 11.4 Å². The summed E-state index contributed by atoms with van der Waals surface area (Å²) >= 11 is 0. The molecular weight excluding hydrogens is 270 g/mol. The minimum Gasteiger partial charge on any atom is -0.481 e. The van der Waals surface area contributed by atoms with Crippen LogP contribution in [0.25, 0.3) is 0 Å². The van der Waals surface area contributed by atoms with E-state index >= 15 is 0 Å². The van der Waals surface area contributed by atoms with Crippen LogP contribution in [-0.2, 0) is 4.79 Å². The lowest BCUT2D eigenvalue weighted by atomic mass is 9.75. The van der Waals surface area contributed by atoms with Crippen LogP contribution in [0.5, 0.6) is 0 Å². The van der Waals surface area contributed by atoms with Gasteiger partial charge in [0, 0.05) is 25.7 Å². The molecule has 6 heteroatoms. The second-order valence-electron chi connectivity index (χ2n) is 6.71. The lowest BCUT2D eigenvalue weighted by Gasteiger charge is -2.49. The fourth-order valence-corrected chi connectivity index (χ4v) is 2.60. The van der Waals surface area contributed by atoms with Crippen molar-refractivity contribution >= 4 is 12.0 Å². The van der Waals surface area contributed by atoms with E-state index in [2.05, 4.69) is 10.2 Å². The van der Waals surface area contributed by atoms with E-state index in [1.165, 1.54) is 6.42 Å². The summed E-state index contributed by atoms with van der Waals surface area (Å²) in [5.74, 6) is -0.878. The molecule has 0 saturated heterocycles. The number of nitrogens with one attached hydrogen (secondary N) is 1. The minimum absolute atomic E-state index is 0.0763. The van der Waals surface area contributed by atoms with Gasteiger partial charge in [0.05, 0.1) is 5.41 Å². The first-order valence-corrected chi connectivity index (χ1v) is 7.57. The van der Waals surface area contributed by atoms with Crippen molar-refractivity contribution in [1.82, 2.24) is 15.1 Å². The highest BCUT2D eigenvalue weighted by Crippen LogP contribution is 2.36. The Labute approximate surface area is 127 Å². The molecule has 0 bridgehead atoms. The number of aliphatic carboxylic acids is 1. The third-order valence-electron chi connectivity index (χ3n) is 5.04. The highest BCUT2D eigenvalue weighted by Gasteiger charge is 2.41. The molecule has 0 aromatic rings. The van der Waals surface area contributed by atoms with Gasteiger partial charge in [-0.15, -0.1) is 0 Å². The van der Waals surface area contributed by atoms with Crippen molar-refractivity contribution in [3.8, 4) is 0 Å². The fourth-order valence-electron chi connectivity index (χ4n) is 2.60. The molecule has 0 spiro atoms. The maximum atomic E-state index is 12.2. The van der Waals surface area contributed by atoms with E-state index in [-0.39, 0.29) is 18.1 Å². The van der Waals surface area contributed by atoms with Crippen LogP contribution in [0, 0.1) is 5.41 Å². The van der Waals surface area contributed by atoms with Crippen LogP contribution >= 0.6 is 0 Å². The predicted molar refractivity (Wildman–Crippen MR) is 82.3 cm³/mol. The van der Waals surface area contributed by atoms with E-state index in [0.29, 0.717) is 13.0 Å². The molecule has 0 aromatic carbocycles. The fraction of sp³-hybridized carbons (Fsp3) is 0.867. The normalized spacial score (nSPS) is 19.5. The Bertz CT molecular complexity index is 394. The van der Waals surface area contributed by atoms with Gasteiger partial charge in [-0.3, -0.25) is 4.79 Å². The molecule has 0 aromatic heterocycles. The molecule has 1 atom stereocenters. The molecule has 0 heterocycles. The molecule has 1 fully saturated rings. The Morgan fingerprint density at radius 2 is 1.86 bits per heavy atom. The first kappa shape index (κ1) is 17.8. The van der Waals surface area contributed by atoms with Crippen LogP contribution in [0.15, 0.2) is 0 Å². The summed E-state index contributed by atoms with van der Waals surface area (Å²) in [6, 6.07) is -0.205. The Kier molecular flexibility index (Phi) is 5.61. The Hall–Kier alpha value is -1.30. The maximum Gasteiger partial charge on any atom is 0.317 e. The number of hydrogen-bond donors (Lipinski definition) is 2. The number of carboxylic acid groups (broad SMARTS) is 1. The molecule has 2 amide bonds. The quantitative estimate of drug-likeness (QED) is 0.749. The van der Waals surface area contributed by atoms with Gasteiger partial charge in [-0.05, 0) is 46.7 Å². The number of carboxylic acids is 1. The van der Waals surface area contributed by atoms with Gasteiger partial charge in [-0.25, -0.2) is 4.79 Å². The van der Waals surface area contributed by atoms with Gasteiger partial charge in [0.25, 0.3) is 0 Å². The zero-order valence-electron chi connectivity index (χ0n) is 13.9. The molecule has 0 aliphatic heterocycles. The second kappa shape index (κ2) is 6.64. The summed E-state index contributed by atoms with van der Waals surface area (Å²) in [5.41, 5.74) is -0.834. The molecule has 1 rings (SSSR count). The first-order valence-electron chi connectivity index (χ1n) is 7.57. The van der Waals surface area contributed by atoms with Crippen molar-refractivity contribution in [3.05, 3.63) is 0 Å². The molecule has 2 N–H and O–H groups in total. The molecule has 1 aliphatic rings. The van der Waals surface area contributed by atoms with E-state index in [1.807, 2.05) is 21.0 Å². The summed E-state index contributed by atoms with van der Waals surface area (Å²) in [6.45, 7) is 4.29. The van der Waals surface area contributed by atoms with Crippen molar-refractivity contribution in [2.24, 2.45) is 5.41 Å². The van der Waals surface area contributed by atoms with Crippen molar-refractivity contribution in [1.29, 1.82) is 0 Å². The van der Waals surface area contributed by atoms with Gasteiger partial charge in [0.2, 0.25) is 0 Å². The maximum absolute atomic E-state index is 12.2. The Morgan fingerprint density at radius 3 is 2.19 bits per heavy atom. The van der Waals surface area contributed by atoms with Crippen molar-refractivity contribution in [3.63, 3.8) is 0 Å². The number of nitrogens with zero attached hydrogens (tertiary/aromatic N) is 2. The number of hydrogen-bond acceptors (Lipinski definition) is 3.